The van der Waals surface area contributed by atoms with Crippen LogP contribution in [0.25, 0.3) is 22.6 Å². The van der Waals surface area contributed by atoms with Crippen molar-refractivity contribution in [3.8, 4) is 17.2 Å². The SMILES string of the molecule is O=c1ccc2nc3ccc(O[C@@H]4O[C@H](CO)[C@H](O)[C@H](O)[C@@H]4O)cc3oc-2c1. The molecule has 0 radical (unpaired) electrons. The lowest BCUT2D eigenvalue weighted by Crippen LogP contribution is -2.60. The van der Waals surface area contributed by atoms with E-state index in [1.807, 2.05) is 0 Å². The minimum absolute atomic E-state index is 0.207. The molecule has 9 heteroatoms. The van der Waals surface area contributed by atoms with E-state index in [0.29, 0.717) is 22.6 Å². The molecular formula is C18H17NO8. The van der Waals surface area contributed by atoms with Crippen molar-refractivity contribution in [3.63, 3.8) is 0 Å². The molecule has 0 bridgehead atoms. The van der Waals surface area contributed by atoms with Gasteiger partial charge in [-0.25, -0.2) is 4.98 Å². The Kier molecular flexibility index (Phi) is 4.54. The Morgan fingerprint density at radius 3 is 2.63 bits per heavy atom. The highest BCUT2D eigenvalue weighted by atomic mass is 16.7. The van der Waals surface area contributed by atoms with Crippen LogP contribution in [0.4, 0.5) is 0 Å². The molecule has 4 rings (SSSR count). The maximum atomic E-state index is 11.5. The molecule has 0 spiro atoms. The van der Waals surface area contributed by atoms with E-state index in [0.717, 1.165) is 0 Å². The van der Waals surface area contributed by atoms with Gasteiger partial charge in [0.25, 0.3) is 0 Å². The van der Waals surface area contributed by atoms with Crippen molar-refractivity contribution < 1.29 is 34.3 Å². The lowest BCUT2D eigenvalue weighted by Gasteiger charge is -2.39. The number of hydrogen-bond acceptors (Lipinski definition) is 9. The smallest absolute Gasteiger partial charge is 0.229 e. The van der Waals surface area contributed by atoms with Gasteiger partial charge in [-0.05, 0) is 24.3 Å². The number of rotatable bonds is 3. The first-order valence-corrected chi connectivity index (χ1v) is 8.28. The molecule has 2 heterocycles. The maximum Gasteiger partial charge on any atom is 0.229 e. The minimum atomic E-state index is -1.54. The van der Waals surface area contributed by atoms with E-state index in [1.54, 1.807) is 18.2 Å². The molecule has 0 saturated carbocycles. The molecule has 142 valence electrons. The van der Waals surface area contributed by atoms with Crippen molar-refractivity contribution >= 4 is 11.1 Å². The molecular weight excluding hydrogens is 358 g/mol. The van der Waals surface area contributed by atoms with Crippen molar-refractivity contribution in [3.05, 3.63) is 46.6 Å². The molecule has 1 aromatic carbocycles. The third-order valence-corrected chi connectivity index (χ3v) is 4.42. The fraction of sp³-hybridized carbons (Fsp3) is 0.333. The first kappa shape index (κ1) is 17.8. The molecule has 2 aliphatic heterocycles. The molecule has 3 aliphatic rings. The number of benzene rings is 2. The summed E-state index contributed by atoms with van der Waals surface area (Å²) in [5.74, 6) is 0.565. The fourth-order valence-electron chi connectivity index (χ4n) is 2.96. The number of hydrogen-bond donors (Lipinski definition) is 4. The van der Waals surface area contributed by atoms with Gasteiger partial charge in [-0.1, -0.05) is 0 Å². The van der Waals surface area contributed by atoms with Crippen LogP contribution in [-0.4, -0.2) is 62.7 Å². The predicted octanol–water partition coefficient (Wildman–Crippen LogP) is -0.529. The summed E-state index contributed by atoms with van der Waals surface area (Å²) in [6, 6.07) is 8.99. The predicted molar refractivity (Wildman–Crippen MR) is 91.3 cm³/mol. The van der Waals surface area contributed by atoms with Gasteiger partial charge in [0, 0.05) is 12.1 Å². The number of ether oxygens (including phenoxy) is 2. The summed E-state index contributed by atoms with van der Waals surface area (Å²) in [6.07, 6.45) is -6.90. The zero-order valence-electron chi connectivity index (χ0n) is 13.9. The average Bonchev–Trinajstić information content (AvgIpc) is 2.66. The van der Waals surface area contributed by atoms with Crippen molar-refractivity contribution in [1.29, 1.82) is 0 Å². The zero-order chi connectivity index (χ0) is 19.1. The Balaban J connectivity index is 1.65. The molecule has 0 aromatic heterocycles. The largest absolute Gasteiger partial charge is 0.462 e. The van der Waals surface area contributed by atoms with E-state index in [9.17, 15) is 25.2 Å². The van der Waals surface area contributed by atoms with Crippen LogP contribution in [0.3, 0.4) is 0 Å². The molecule has 4 N–H and O–H groups in total. The highest BCUT2D eigenvalue weighted by molar-refractivity contribution is 5.77. The third kappa shape index (κ3) is 3.27. The molecule has 1 aromatic rings. The second-order valence-corrected chi connectivity index (χ2v) is 6.29. The number of fused-ring (bicyclic) bond motifs is 2. The number of nitrogens with zero attached hydrogens (tertiary/aromatic N) is 1. The summed E-state index contributed by atoms with van der Waals surface area (Å²) >= 11 is 0. The summed E-state index contributed by atoms with van der Waals surface area (Å²) in [5, 5.41) is 38.9. The first-order valence-electron chi connectivity index (χ1n) is 8.28. The van der Waals surface area contributed by atoms with Crippen LogP contribution in [0.5, 0.6) is 5.75 Å². The number of aliphatic hydroxyl groups excluding tert-OH is 4. The summed E-state index contributed by atoms with van der Waals surface area (Å²) in [6.45, 7) is -0.550. The Morgan fingerprint density at radius 2 is 1.85 bits per heavy atom. The standard InChI is InChI=1S/C18H17NO8/c20-7-14-15(22)16(23)17(24)18(27-14)25-9-2-4-11-13(6-9)26-12-5-8(21)1-3-10(12)19-11/h1-6,14-18,20,22-24H,7H2/t14-,15+,16+,17+,18-/m1/s1. The Bertz CT molecular complexity index is 987. The van der Waals surface area contributed by atoms with Gasteiger partial charge in [-0.2, -0.15) is 0 Å². The second-order valence-electron chi connectivity index (χ2n) is 6.29. The number of aromatic nitrogens is 1. The Morgan fingerprint density at radius 1 is 1.04 bits per heavy atom. The van der Waals surface area contributed by atoms with Gasteiger partial charge < -0.3 is 34.3 Å². The van der Waals surface area contributed by atoms with Crippen LogP contribution in [0.15, 0.2) is 45.6 Å². The average molecular weight is 375 g/mol. The van der Waals surface area contributed by atoms with Crippen LogP contribution >= 0.6 is 0 Å². The van der Waals surface area contributed by atoms with E-state index >= 15 is 0 Å². The van der Waals surface area contributed by atoms with Gasteiger partial charge in [0.15, 0.2) is 16.8 Å². The minimum Gasteiger partial charge on any atom is -0.462 e. The summed E-state index contributed by atoms with van der Waals surface area (Å²) in [5.41, 5.74) is 1.20. The normalized spacial score (nSPS) is 28.5. The van der Waals surface area contributed by atoms with Gasteiger partial charge in [0.2, 0.25) is 6.29 Å². The first-order chi connectivity index (χ1) is 13.0. The summed E-state index contributed by atoms with van der Waals surface area (Å²) < 4.78 is 16.6. The van der Waals surface area contributed by atoms with Crippen LogP contribution in [0.2, 0.25) is 0 Å². The molecule has 5 atom stereocenters. The van der Waals surface area contributed by atoms with Gasteiger partial charge in [-0.3, -0.25) is 4.79 Å². The molecule has 0 unspecified atom stereocenters. The highest BCUT2D eigenvalue weighted by Gasteiger charge is 2.44. The topological polar surface area (TPSA) is 142 Å². The summed E-state index contributed by atoms with van der Waals surface area (Å²) in [7, 11) is 0. The quantitative estimate of drug-likeness (QED) is 0.444. The lowest BCUT2D eigenvalue weighted by molar-refractivity contribution is -0.277. The Hall–Kier alpha value is -2.56. The molecule has 9 nitrogen and oxygen atoms in total. The molecule has 27 heavy (non-hydrogen) atoms. The van der Waals surface area contributed by atoms with Crippen LogP contribution < -0.4 is 10.2 Å². The Labute approximate surface area is 152 Å². The summed E-state index contributed by atoms with van der Waals surface area (Å²) in [4.78, 5) is 15.9. The van der Waals surface area contributed by atoms with Crippen molar-refractivity contribution in [2.75, 3.05) is 6.61 Å². The van der Waals surface area contributed by atoms with Gasteiger partial charge in [-0.15, -0.1) is 0 Å². The van der Waals surface area contributed by atoms with Crippen molar-refractivity contribution in [2.45, 2.75) is 30.7 Å². The van der Waals surface area contributed by atoms with E-state index < -0.39 is 37.3 Å². The van der Waals surface area contributed by atoms with E-state index in [1.165, 1.54) is 18.2 Å². The van der Waals surface area contributed by atoms with Crippen molar-refractivity contribution in [1.82, 2.24) is 4.98 Å². The van der Waals surface area contributed by atoms with Crippen molar-refractivity contribution in [2.24, 2.45) is 0 Å². The molecule has 0 amide bonds. The van der Waals surface area contributed by atoms with Crippen LogP contribution in [0, 0.1) is 0 Å². The fourth-order valence-corrected chi connectivity index (χ4v) is 2.96. The van der Waals surface area contributed by atoms with Gasteiger partial charge in [0.05, 0.1) is 6.61 Å². The highest BCUT2D eigenvalue weighted by Crippen LogP contribution is 2.29. The maximum absolute atomic E-state index is 11.5. The van der Waals surface area contributed by atoms with Crippen LogP contribution in [0.1, 0.15) is 0 Å². The zero-order valence-corrected chi connectivity index (χ0v) is 13.9. The monoisotopic (exact) mass is 375 g/mol. The third-order valence-electron chi connectivity index (χ3n) is 4.42. The van der Waals surface area contributed by atoms with Gasteiger partial charge >= 0.3 is 0 Å². The molecule has 1 fully saturated rings. The lowest BCUT2D eigenvalue weighted by atomic mass is 9.99. The van der Waals surface area contributed by atoms with E-state index in [2.05, 4.69) is 4.98 Å². The molecule has 1 aliphatic carbocycles. The van der Waals surface area contributed by atoms with E-state index in [-0.39, 0.29) is 11.2 Å². The molecule has 1 saturated heterocycles. The van der Waals surface area contributed by atoms with E-state index in [4.69, 9.17) is 13.9 Å². The van der Waals surface area contributed by atoms with Crippen LogP contribution in [-0.2, 0) is 4.74 Å². The second kappa shape index (κ2) is 6.87. The van der Waals surface area contributed by atoms with Gasteiger partial charge in [0.1, 0.15) is 41.4 Å². The number of aliphatic hydroxyl groups is 4.